The zero-order valence-electron chi connectivity index (χ0n) is 16.4. The number of nitrogens with zero attached hydrogens (tertiary/aromatic N) is 1. The Hall–Kier alpha value is -2.72. The van der Waals surface area contributed by atoms with Crippen molar-refractivity contribution in [2.45, 2.75) is 24.8 Å². The number of benzene rings is 3. The van der Waals surface area contributed by atoms with Crippen molar-refractivity contribution in [2.75, 3.05) is 12.3 Å². The van der Waals surface area contributed by atoms with Gasteiger partial charge in [-0.15, -0.1) is 11.8 Å². The molecule has 1 aliphatic heterocycles. The Kier molecular flexibility index (Phi) is 6.52. The average Bonchev–Trinajstić information content (AvgIpc) is 3.27. The monoisotopic (exact) mass is 403 g/mol. The van der Waals surface area contributed by atoms with Gasteiger partial charge in [0, 0.05) is 24.3 Å². The molecule has 1 fully saturated rings. The van der Waals surface area contributed by atoms with Crippen LogP contribution in [0.25, 0.3) is 0 Å². The average molecular weight is 404 g/mol. The molecule has 3 aromatic rings. The predicted molar refractivity (Wildman–Crippen MR) is 119 cm³/mol. The van der Waals surface area contributed by atoms with Crippen LogP contribution in [0.15, 0.2) is 84.9 Å². The van der Waals surface area contributed by atoms with Crippen molar-refractivity contribution in [3.8, 4) is 5.75 Å². The van der Waals surface area contributed by atoms with Crippen LogP contribution in [0.4, 0.5) is 0 Å². The van der Waals surface area contributed by atoms with E-state index in [0.717, 1.165) is 35.6 Å². The summed E-state index contributed by atoms with van der Waals surface area (Å²) in [5.74, 6) is 2.02. The number of hydrogen-bond donors (Lipinski definition) is 0. The Morgan fingerprint density at radius 1 is 0.897 bits per heavy atom. The third-order valence-electron chi connectivity index (χ3n) is 5.10. The van der Waals surface area contributed by atoms with Crippen LogP contribution in [0.3, 0.4) is 0 Å². The zero-order valence-corrected chi connectivity index (χ0v) is 17.2. The Morgan fingerprint density at radius 2 is 1.55 bits per heavy atom. The first-order chi connectivity index (χ1) is 14.3. The summed E-state index contributed by atoms with van der Waals surface area (Å²) in [6, 6.07) is 28.5. The van der Waals surface area contributed by atoms with Gasteiger partial charge in [-0.1, -0.05) is 78.9 Å². The second-order valence-electron chi connectivity index (χ2n) is 7.11. The normalized spacial score (nSPS) is 16.0. The second-order valence-corrected chi connectivity index (χ2v) is 8.30. The van der Waals surface area contributed by atoms with E-state index >= 15 is 0 Å². The van der Waals surface area contributed by atoms with Gasteiger partial charge in [0.2, 0.25) is 5.91 Å². The van der Waals surface area contributed by atoms with Crippen LogP contribution in [-0.4, -0.2) is 23.1 Å². The van der Waals surface area contributed by atoms with Crippen LogP contribution >= 0.6 is 11.8 Å². The highest BCUT2D eigenvalue weighted by atomic mass is 32.2. The molecule has 29 heavy (non-hydrogen) atoms. The molecule has 0 aromatic heterocycles. The lowest BCUT2D eigenvalue weighted by molar-refractivity contribution is -0.131. The van der Waals surface area contributed by atoms with Crippen molar-refractivity contribution in [2.24, 2.45) is 0 Å². The third-order valence-corrected chi connectivity index (χ3v) is 6.35. The van der Waals surface area contributed by atoms with E-state index in [4.69, 9.17) is 4.74 Å². The van der Waals surface area contributed by atoms with Gasteiger partial charge in [0.05, 0.1) is 0 Å². The van der Waals surface area contributed by atoms with E-state index in [2.05, 4.69) is 30.3 Å². The van der Waals surface area contributed by atoms with Gasteiger partial charge in [-0.2, -0.15) is 0 Å². The van der Waals surface area contributed by atoms with Crippen LogP contribution in [0.1, 0.15) is 28.5 Å². The van der Waals surface area contributed by atoms with Crippen molar-refractivity contribution >= 4 is 17.7 Å². The molecule has 4 rings (SSSR count). The van der Waals surface area contributed by atoms with Gasteiger partial charge in [-0.3, -0.25) is 4.79 Å². The van der Waals surface area contributed by atoms with Crippen molar-refractivity contribution in [3.63, 3.8) is 0 Å². The molecule has 0 bridgehead atoms. The van der Waals surface area contributed by atoms with Gasteiger partial charge in [0.1, 0.15) is 17.7 Å². The summed E-state index contributed by atoms with van der Waals surface area (Å²) < 4.78 is 6.14. The van der Waals surface area contributed by atoms with E-state index in [0.29, 0.717) is 13.0 Å². The summed E-state index contributed by atoms with van der Waals surface area (Å²) >= 11 is 1.81. The summed E-state index contributed by atoms with van der Waals surface area (Å²) in [5.41, 5.74) is 3.42. The molecule has 3 aromatic carbocycles. The minimum Gasteiger partial charge on any atom is -0.489 e. The number of amides is 1. The summed E-state index contributed by atoms with van der Waals surface area (Å²) in [6.07, 6.45) is 1.31. The Morgan fingerprint density at radius 3 is 2.31 bits per heavy atom. The first kappa shape index (κ1) is 19.6. The van der Waals surface area contributed by atoms with Gasteiger partial charge in [0.25, 0.3) is 0 Å². The fraction of sp³-hybridized carbons (Fsp3) is 0.240. The van der Waals surface area contributed by atoms with Crippen LogP contribution in [-0.2, 0) is 17.8 Å². The SMILES string of the molecule is O=C(CCc1ccccc1)N1CCS[C@@H]1c1ccccc1OCc1ccccc1. The molecule has 3 nitrogen and oxygen atoms in total. The first-order valence-corrected chi connectivity index (χ1v) is 11.1. The summed E-state index contributed by atoms with van der Waals surface area (Å²) in [6.45, 7) is 1.31. The van der Waals surface area contributed by atoms with E-state index in [1.165, 1.54) is 5.56 Å². The molecule has 0 aliphatic carbocycles. The van der Waals surface area contributed by atoms with Gasteiger partial charge < -0.3 is 9.64 Å². The number of para-hydroxylation sites is 1. The lowest BCUT2D eigenvalue weighted by atomic mass is 10.1. The number of hydrogen-bond acceptors (Lipinski definition) is 3. The van der Waals surface area contributed by atoms with Crippen molar-refractivity contribution in [3.05, 3.63) is 102 Å². The maximum absolute atomic E-state index is 13.0. The molecule has 1 aliphatic rings. The number of rotatable bonds is 7. The Labute approximate surface area is 176 Å². The summed E-state index contributed by atoms with van der Waals surface area (Å²) in [7, 11) is 0. The minimum atomic E-state index is 0.0187. The molecule has 0 radical (unpaired) electrons. The van der Waals surface area contributed by atoms with E-state index < -0.39 is 0 Å². The maximum atomic E-state index is 13.0. The number of ether oxygens (including phenoxy) is 1. The predicted octanol–water partition coefficient (Wildman–Crippen LogP) is 5.47. The molecule has 0 saturated carbocycles. The highest BCUT2D eigenvalue weighted by Gasteiger charge is 2.32. The summed E-state index contributed by atoms with van der Waals surface area (Å²) in [4.78, 5) is 15.0. The molecule has 148 valence electrons. The number of thioether (sulfide) groups is 1. The van der Waals surface area contributed by atoms with Gasteiger partial charge >= 0.3 is 0 Å². The number of carbonyl (C=O) groups is 1. The molecule has 4 heteroatoms. The lowest BCUT2D eigenvalue weighted by Gasteiger charge is -2.26. The zero-order chi connectivity index (χ0) is 19.9. The third kappa shape index (κ3) is 5.01. The van der Waals surface area contributed by atoms with Crippen LogP contribution < -0.4 is 4.74 Å². The van der Waals surface area contributed by atoms with Gasteiger partial charge in [0.15, 0.2) is 0 Å². The Bertz CT molecular complexity index is 930. The van der Waals surface area contributed by atoms with E-state index in [9.17, 15) is 4.79 Å². The minimum absolute atomic E-state index is 0.0187. The molecule has 1 atom stereocenters. The van der Waals surface area contributed by atoms with Gasteiger partial charge in [-0.05, 0) is 23.6 Å². The van der Waals surface area contributed by atoms with Crippen molar-refractivity contribution < 1.29 is 9.53 Å². The fourth-order valence-corrected chi connectivity index (χ4v) is 4.88. The Balaban J connectivity index is 1.44. The van der Waals surface area contributed by atoms with Crippen LogP contribution in [0.5, 0.6) is 5.75 Å². The molecule has 0 unspecified atom stereocenters. The lowest BCUT2D eigenvalue weighted by Crippen LogP contribution is -2.30. The molecule has 1 saturated heterocycles. The van der Waals surface area contributed by atoms with Crippen LogP contribution in [0, 0.1) is 0 Å². The quantitative estimate of drug-likeness (QED) is 0.524. The molecule has 0 spiro atoms. The molecule has 1 heterocycles. The topological polar surface area (TPSA) is 29.5 Å². The van der Waals surface area contributed by atoms with Crippen molar-refractivity contribution in [1.29, 1.82) is 0 Å². The highest BCUT2D eigenvalue weighted by molar-refractivity contribution is 7.99. The van der Waals surface area contributed by atoms with E-state index in [1.807, 2.05) is 71.3 Å². The molecule has 0 N–H and O–H groups in total. The van der Waals surface area contributed by atoms with Crippen molar-refractivity contribution in [1.82, 2.24) is 4.90 Å². The smallest absolute Gasteiger partial charge is 0.224 e. The first-order valence-electron chi connectivity index (χ1n) is 10.0. The number of aryl methyl sites for hydroxylation is 1. The van der Waals surface area contributed by atoms with Gasteiger partial charge in [-0.25, -0.2) is 0 Å². The standard InChI is InChI=1S/C25H25NO2S/c27-24(16-15-20-9-3-1-4-10-20)26-17-18-29-25(26)22-13-7-8-14-23(22)28-19-21-11-5-2-6-12-21/h1-14,25H,15-19H2/t25-/m1/s1. The summed E-state index contributed by atoms with van der Waals surface area (Å²) in [5, 5.41) is 0.0187. The second kappa shape index (κ2) is 9.66. The molecule has 1 amide bonds. The largest absolute Gasteiger partial charge is 0.489 e. The van der Waals surface area contributed by atoms with E-state index in [1.54, 1.807) is 0 Å². The molecular formula is C25H25NO2S. The fourth-order valence-electron chi connectivity index (χ4n) is 3.57. The maximum Gasteiger partial charge on any atom is 0.224 e. The van der Waals surface area contributed by atoms with Crippen LogP contribution in [0.2, 0.25) is 0 Å². The molecular weight excluding hydrogens is 378 g/mol. The number of carbonyl (C=O) groups excluding carboxylic acids is 1. The van der Waals surface area contributed by atoms with E-state index in [-0.39, 0.29) is 11.3 Å². The highest BCUT2D eigenvalue weighted by Crippen LogP contribution is 2.42.